The molecule has 0 aliphatic heterocycles. The minimum Gasteiger partial charge on any atom is -0.125 e. The molecule has 0 saturated heterocycles. The number of thioether (sulfide) groups is 2. The normalized spacial score (nSPS) is 10.4. The minimum atomic E-state index is 0.799. The molecule has 0 amide bonds. The Morgan fingerprint density at radius 2 is 1.24 bits per heavy atom. The summed E-state index contributed by atoms with van der Waals surface area (Å²) < 4.78 is 0. The smallest absolute Gasteiger partial charge is 0.0406 e. The Bertz CT molecular complexity index is 440. The van der Waals surface area contributed by atoms with Crippen molar-refractivity contribution in [2.45, 2.75) is 9.79 Å². The molecule has 0 spiro atoms. The van der Waals surface area contributed by atoms with E-state index >= 15 is 0 Å². The molecule has 17 heavy (non-hydrogen) atoms. The predicted molar refractivity (Wildman–Crippen MR) is 79.3 cm³/mol. The number of benzene rings is 2. The Morgan fingerprint density at radius 3 is 1.82 bits per heavy atom. The van der Waals surface area contributed by atoms with E-state index in [2.05, 4.69) is 36.4 Å². The molecule has 0 unspecified atom stereocenters. The third kappa shape index (κ3) is 4.66. The second-order valence-electron chi connectivity index (χ2n) is 3.46. The lowest BCUT2D eigenvalue weighted by molar-refractivity contribution is 1.41. The van der Waals surface area contributed by atoms with E-state index in [9.17, 15) is 0 Å². The summed E-state index contributed by atoms with van der Waals surface area (Å²) >= 11 is 9.60. The van der Waals surface area contributed by atoms with Crippen molar-refractivity contribution in [2.75, 3.05) is 11.5 Å². The highest BCUT2D eigenvalue weighted by Crippen LogP contribution is 2.23. The van der Waals surface area contributed by atoms with Crippen LogP contribution in [-0.4, -0.2) is 11.5 Å². The zero-order chi connectivity index (χ0) is 11.9. The molecule has 0 nitrogen and oxygen atoms in total. The SMILES string of the molecule is Clc1ccc(SCCSc2ccccc2)cc1. The van der Waals surface area contributed by atoms with Gasteiger partial charge in [-0.2, -0.15) is 0 Å². The van der Waals surface area contributed by atoms with Gasteiger partial charge in [0.15, 0.2) is 0 Å². The molecular formula is C14H13ClS2. The Hall–Kier alpha value is -0.570. The first kappa shape index (κ1) is 12.9. The Balaban J connectivity index is 1.71. The molecule has 0 N–H and O–H groups in total. The fourth-order valence-corrected chi connectivity index (χ4v) is 3.31. The highest BCUT2D eigenvalue weighted by molar-refractivity contribution is 8.03. The quantitative estimate of drug-likeness (QED) is 0.544. The molecule has 0 atom stereocenters. The van der Waals surface area contributed by atoms with E-state index in [1.54, 1.807) is 0 Å². The third-order valence-corrected chi connectivity index (χ3v) is 4.72. The summed E-state index contributed by atoms with van der Waals surface area (Å²) in [7, 11) is 0. The Labute approximate surface area is 116 Å². The van der Waals surface area contributed by atoms with Gasteiger partial charge < -0.3 is 0 Å². The molecule has 0 aliphatic carbocycles. The van der Waals surface area contributed by atoms with E-state index in [1.165, 1.54) is 9.79 Å². The van der Waals surface area contributed by atoms with E-state index < -0.39 is 0 Å². The van der Waals surface area contributed by atoms with Crippen molar-refractivity contribution in [2.24, 2.45) is 0 Å². The summed E-state index contributed by atoms with van der Waals surface area (Å²) in [4.78, 5) is 2.62. The molecule has 0 aromatic heterocycles. The van der Waals surface area contributed by atoms with Gasteiger partial charge in [-0.05, 0) is 36.4 Å². The molecule has 88 valence electrons. The van der Waals surface area contributed by atoms with E-state index in [4.69, 9.17) is 11.6 Å². The molecule has 0 radical (unpaired) electrons. The first-order chi connectivity index (χ1) is 8.34. The van der Waals surface area contributed by atoms with Crippen LogP contribution >= 0.6 is 35.1 Å². The largest absolute Gasteiger partial charge is 0.125 e. The van der Waals surface area contributed by atoms with Gasteiger partial charge in [-0.3, -0.25) is 0 Å². The number of hydrogen-bond acceptors (Lipinski definition) is 2. The van der Waals surface area contributed by atoms with Gasteiger partial charge in [0.2, 0.25) is 0 Å². The number of halogens is 1. The molecule has 0 aliphatic rings. The molecule has 0 heterocycles. The molecule has 2 rings (SSSR count). The van der Waals surface area contributed by atoms with Crippen molar-refractivity contribution < 1.29 is 0 Å². The van der Waals surface area contributed by atoms with Crippen LogP contribution in [0.3, 0.4) is 0 Å². The second kappa shape index (κ2) is 7.00. The van der Waals surface area contributed by atoms with Crippen LogP contribution in [-0.2, 0) is 0 Å². The van der Waals surface area contributed by atoms with E-state index in [-0.39, 0.29) is 0 Å². The van der Waals surface area contributed by atoms with Crippen LogP contribution in [0.1, 0.15) is 0 Å². The van der Waals surface area contributed by atoms with E-state index in [0.29, 0.717) is 0 Å². The van der Waals surface area contributed by atoms with Crippen molar-refractivity contribution in [3.05, 3.63) is 59.6 Å². The maximum atomic E-state index is 5.84. The summed E-state index contributed by atoms with van der Waals surface area (Å²) in [5.41, 5.74) is 0. The van der Waals surface area contributed by atoms with Crippen LogP contribution in [0.5, 0.6) is 0 Å². The van der Waals surface area contributed by atoms with Crippen LogP contribution in [0.4, 0.5) is 0 Å². The third-order valence-electron chi connectivity index (χ3n) is 2.18. The van der Waals surface area contributed by atoms with Gasteiger partial charge in [0.05, 0.1) is 0 Å². The summed E-state index contributed by atoms with van der Waals surface area (Å²) in [5, 5.41) is 0.799. The highest BCUT2D eigenvalue weighted by Gasteiger charge is 1.96. The minimum absolute atomic E-state index is 0.799. The van der Waals surface area contributed by atoms with Crippen LogP contribution in [0, 0.1) is 0 Å². The van der Waals surface area contributed by atoms with Crippen molar-refractivity contribution in [3.8, 4) is 0 Å². The van der Waals surface area contributed by atoms with Crippen LogP contribution in [0.25, 0.3) is 0 Å². The Morgan fingerprint density at radius 1 is 0.706 bits per heavy atom. The maximum Gasteiger partial charge on any atom is 0.0406 e. The number of hydrogen-bond donors (Lipinski definition) is 0. The zero-order valence-electron chi connectivity index (χ0n) is 9.30. The summed E-state index contributed by atoms with van der Waals surface area (Å²) in [5.74, 6) is 2.23. The lowest BCUT2D eigenvalue weighted by Gasteiger charge is -2.02. The average Bonchev–Trinajstić information content (AvgIpc) is 2.38. The monoisotopic (exact) mass is 280 g/mol. The first-order valence-corrected chi connectivity index (χ1v) is 7.76. The predicted octanol–water partition coefficient (Wildman–Crippen LogP) is 5.22. The molecule has 0 saturated carbocycles. The lowest BCUT2D eigenvalue weighted by Crippen LogP contribution is -1.83. The van der Waals surface area contributed by atoms with Crippen LogP contribution in [0.15, 0.2) is 64.4 Å². The lowest BCUT2D eigenvalue weighted by atomic mass is 10.4. The molecule has 0 fully saturated rings. The zero-order valence-corrected chi connectivity index (χ0v) is 11.7. The Kier molecular flexibility index (Phi) is 5.30. The van der Waals surface area contributed by atoms with Gasteiger partial charge in [0.25, 0.3) is 0 Å². The summed E-state index contributed by atoms with van der Waals surface area (Å²) in [6, 6.07) is 18.5. The van der Waals surface area contributed by atoms with Gasteiger partial charge >= 0.3 is 0 Å². The van der Waals surface area contributed by atoms with E-state index in [0.717, 1.165) is 16.5 Å². The van der Waals surface area contributed by atoms with Gasteiger partial charge in [-0.25, -0.2) is 0 Å². The second-order valence-corrected chi connectivity index (χ2v) is 6.24. The highest BCUT2D eigenvalue weighted by atomic mass is 35.5. The first-order valence-electron chi connectivity index (χ1n) is 5.41. The molecule has 2 aromatic rings. The van der Waals surface area contributed by atoms with Crippen LogP contribution < -0.4 is 0 Å². The van der Waals surface area contributed by atoms with Crippen molar-refractivity contribution in [1.29, 1.82) is 0 Å². The van der Waals surface area contributed by atoms with Crippen molar-refractivity contribution in [1.82, 2.24) is 0 Å². The summed E-state index contributed by atoms with van der Waals surface area (Å²) in [6.07, 6.45) is 0. The number of rotatable bonds is 5. The van der Waals surface area contributed by atoms with E-state index in [1.807, 2.05) is 41.7 Å². The van der Waals surface area contributed by atoms with Crippen LogP contribution in [0.2, 0.25) is 5.02 Å². The van der Waals surface area contributed by atoms with Crippen molar-refractivity contribution in [3.63, 3.8) is 0 Å². The van der Waals surface area contributed by atoms with Crippen molar-refractivity contribution >= 4 is 35.1 Å². The van der Waals surface area contributed by atoms with Gasteiger partial charge in [-0.15, -0.1) is 23.5 Å². The van der Waals surface area contributed by atoms with Gasteiger partial charge in [0.1, 0.15) is 0 Å². The fourth-order valence-electron chi connectivity index (χ4n) is 1.37. The summed E-state index contributed by atoms with van der Waals surface area (Å²) in [6.45, 7) is 0. The topological polar surface area (TPSA) is 0 Å². The maximum absolute atomic E-state index is 5.84. The molecule has 3 heteroatoms. The standard InChI is InChI=1S/C14H13ClS2/c15-12-6-8-14(9-7-12)17-11-10-16-13-4-2-1-3-5-13/h1-9H,10-11H2. The van der Waals surface area contributed by atoms with Gasteiger partial charge in [0, 0.05) is 26.3 Å². The molecule has 0 bridgehead atoms. The molecule has 2 aromatic carbocycles. The van der Waals surface area contributed by atoms with Gasteiger partial charge in [-0.1, -0.05) is 29.8 Å². The molecular weight excluding hydrogens is 268 g/mol. The average molecular weight is 281 g/mol. The fraction of sp³-hybridized carbons (Fsp3) is 0.143.